The maximum atomic E-state index is 12.4. The topological polar surface area (TPSA) is 111 Å². The van der Waals surface area contributed by atoms with Gasteiger partial charge >= 0.3 is 24.3 Å². The van der Waals surface area contributed by atoms with Gasteiger partial charge in [-0.05, 0) is 44.2 Å². The molecule has 2 aliphatic heterocycles. The molecule has 1 saturated carbocycles. The van der Waals surface area contributed by atoms with Crippen LogP contribution in [0, 0.1) is 12.8 Å². The number of nitrogens with zero attached hydrogens (tertiary/aromatic N) is 3. The number of fused-ring (bicyclic) bond motifs is 1. The third-order valence-electron chi connectivity index (χ3n) is 5.68. The molecule has 2 atom stereocenters. The van der Waals surface area contributed by atoms with Gasteiger partial charge < -0.3 is 15.1 Å². The molecule has 3 heterocycles. The molecule has 1 aromatic heterocycles. The lowest BCUT2D eigenvalue weighted by molar-refractivity contribution is -0.193. The summed E-state index contributed by atoms with van der Waals surface area (Å²) in [4.78, 5) is 39.4. The second kappa shape index (κ2) is 11.2. The van der Waals surface area contributed by atoms with Gasteiger partial charge in [-0.3, -0.25) is 14.7 Å². The first-order chi connectivity index (χ1) is 16.1. The number of carbonyl (C=O) groups excluding carboxylic acids is 1. The zero-order chi connectivity index (χ0) is 26.6. The van der Waals surface area contributed by atoms with E-state index in [9.17, 15) is 31.1 Å². The van der Waals surface area contributed by atoms with Crippen LogP contribution < -0.4 is 0 Å². The number of amides is 1. The summed E-state index contributed by atoms with van der Waals surface area (Å²) in [6, 6.07) is 6.95. The Balaban J connectivity index is 0.000000257. The molecule has 0 spiro atoms. The van der Waals surface area contributed by atoms with Gasteiger partial charge in [0.05, 0.1) is 12.2 Å². The molecule has 0 radical (unpaired) electrons. The van der Waals surface area contributed by atoms with Gasteiger partial charge in [0.1, 0.15) is 0 Å². The van der Waals surface area contributed by atoms with E-state index in [0.717, 1.165) is 30.3 Å². The van der Waals surface area contributed by atoms with Crippen LogP contribution in [0.15, 0.2) is 18.2 Å². The van der Waals surface area contributed by atoms with E-state index >= 15 is 0 Å². The van der Waals surface area contributed by atoms with Crippen molar-refractivity contribution in [2.45, 2.75) is 63.6 Å². The zero-order valence-electron chi connectivity index (χ0n) is 18.6. The number of hydrogen-bond donors (Lipinski definition) is 2. The number of halogens is 6. The average Bonchev–Trinajstić information content (AvgIpc) is 3.39. The van der Waals surface area contributed by atoms with E-state index in [0.29, 0.717) is 31.0 Å². The van der Waals surface area contributed by atoms with Crippen LogP contribution >= 0.6 is 0 Å². The number of aromatic nitrogens is 1. The molecule has 3 aliphatic rings. The smallest absolute Gasteiger partial charge is 0.475 e. The third-order valence-corrected chi connectivity index (χ3v) is 5.68. The molecule has 0 unspecified atom stereocenters. The SMILES string of the molecule is Cc1cccc(CN2C(=O)C[C@@H]3[C@@H]2CCN3CC2CC2)n1.O=C(O)C(F)(F)F.O=C(O)C(F)(F)F. The minimum atomic E-state index is -5.08. The highest BCUT2D eigenvalue weighted by molar-refractivity contribution is 5.80. The second-order valence-electron chi connectivity index (χ2n) is 8.46. The highest BCUT2D eigenvalue weighted by atomic mass is 19.4. The molecule has 0 bridgehead atoms. The molecule has 196 valence electrons. The summed E-state index contributed by atoms with van der Waals surface area (Å²) in [6.07, 6.45) is -5.55. The summed E-state index contributed by atoms with van der Waals surface area (Å²) in [7, 11) is 0. The fraction of sp³-hybridized carbons (Fsp3) is 0.619. The molecule has 1 aliphatic carbocycles. The first kappa shape index (κ1) is 28.3. The zero-order valence-corrected chi connectivity index (χ0v) is 18.6. The quantitative estimate of drug-likeness (QED) is 0.595. The molecule has 3 fully saturated rings. The molecule has 2 N–H and O–H groups in total. The van der Waals surface area contributed by atoms with Gasteiger partial charge in [0, 0.05) is 37.3 Å². The summed E-state index contributed by atoms with van der Waals surface area (Å²) in [5.41, 5.74) is 2.04. The van der Waals surface area contributed by atoms with Gasteiger partial charge in [0.25, 0.3) is 0 Å². The summed E-state index contributed by atoms with van der Waals surface area (Å²) in [5, 5.41) is 14.2. The minimum Gasteiger partial charge on any atom is -0.475 e. The predicted octanol–water partition coefficient (Wildman–Crippen LogP) is 3.24. The molecule has 4 rings (SSSR count). The standard InChI is InChI=1S/C17H23N3O.2C2HF3O2/c1-12-3-2-4-14(18-12)11-20-15-7-8-19(10-13-5-6-13)16(15)9-17(20)21;2*3-2(4,5)1(6)7/h2-4,13,15-16H,5-11H2,1H3;2*(H,6,7)/t15-,16+;;/m0../s1. The lowest BCUT2D eigenvalue weighted by Crippen LogP contribution is -2.37. The van der Waals surface area contributed by atoms with Crippen LogP contribution in [0.25, 0.3) is 0 Å². The van der Waals surface area contributed by atoms with E-state index < -0.39 is 24.3 Å². The number of aliphatic carboxylic acids is 2. The molecule has 8 nitrogen and oxygen atoms in total. The van der Waals surface area contributed by atoms with Crippen molar-refractivity contribution < 1.29 is 50.9 Å². The minimum absolute atomic E-state index is 0.314. The van der Waals surface area contributed by atoms with Gasteiger partial charge in [0.15, 0.2) is 0 Å². The van der Waals surface area contributed by atoms with E-state index in [1.807, 2.05) is 25.1 Å². The van der Waals surface area contributed by atoms with Crippen molar-refractivity contribution in [1.29, 1.82) is 0 Å². The van der Waals surface area contributed by atoms with Crippen molar-refractivity contribution in [3.8, 4) is 0 Å². The first-order valence-corrected chi connectivity index (χ1v) is 10.7. The molecular formula is C21H25F6N3O5. The number of alkyl halides is 6. The van der Waals surface area contributed by atoms with Gasteiger partial charge in [-0.25, -0.2) is 9.59 Å². The Bertz CT molecular complexity index is 895. The number of hydrogen-bond acceptors (Lipinski definition) is 5. The Morgan fingerprint density at radius 1 is 1.00 bits per heavy atom. The van der Waals surface area contributed by atoms with Crippen molar-refractivity contribution in [2.24, 2.45) is 5.92 Å². The van der Waals surface area contributed by atoms with E-state index in [1.54, 1.807) is 0 Å². The van der Waals surface area contributed by atoms with E-state index in [4.69, 9.17) is 19.8 Å². The molecule has 1 amide bonds. The van der Waals surface area contributed by atoms with Crippen molar-refractivity contribution in [3.05, 3.63) is 29.6 Å². The maximum Gasteiger partial charge on any atom is 0.490 e. The number of likely N-dealkylation sites (tertiary alicyclic amines) is 2. The largest absolute Gasteiger partial charge is 0.490 e. The molecule has 14 heteroatoms. The number of pyridine rings is 1. The van der Waals surface area contributed by atoms with Gasteiger partial charge in [-0.1, -0.05) is 6.07 Å². The highest BCUT2D eigenvalue weighted by Crippen LogP contribution is 2.37. The van der Waals surface area contributed by atoms with E-state index in [1.165, 1.54) is 19.4 Å². The van der Waals surface area contributed by atoms with Crippen LogP contribution in [0.3, 0.4) is 0 Å². The van der Waals surface area contributed by atoms with Crippen LogP contribution in [0.2, 0.25) is 0 Å². The Hall–Kier alpha value is -2.90. The fourth-order valence-corrected chi connectivity index (χ4v) is 3.94. The lowest BCUT2D eigenvalue weighted by Gasteiger charge is -2.25. The lowest BCUT2D eigenvalue weighted by atomic mass is 10.1. The van der Waals surface area contributed by atoms with Crippen LogP contribution in [0.1, 0.15) is 37.1 Å². The number of aryl methyl sites for hydroxylation is 1. The van der Waals surface area contributed by atoms with Gasteiger partial charge in [0.2, 0.25) is 5.91 Å². The van der Waals surface area contributed by atoms with Crippen LogP contribution in [-0.2, 0) is 20.9 Å². The molecule has 0 aromatic carbocycles. The monoisotopic (exact) mass is 513 g/mol. The highest BCUT2D eigenvalue weighted by Gasteiger charge is 2.47. The molecule has 2 saturated heterocycles. The second-order valence-corrected chi connectivity index (χ2v) is 8.46. The average molecular weight is 513 g/mol. The maximum absolute atomic E-state index is 12.4. The summed E-state index contributed by atoms with van der Waals surface area (Å²) in [5.74, 6) is -4.29. The third kappa shape index (κ3) is 8.67. The summed E-state index contributed by atoms with van der Waals surface area (Å²) >= 11 is 0. The normalized spacial score (nSPS) is 22.0. The number of carboxylic acids is 2. The van der Waals surface area contributed by atoms with Crippen LogP contribution in [0.5, 0.6) is 0 Å². The molecular weight excluding hydrogens is 488 g/mol. The molecule has 35 heavy (non-hydrogen) atoms. The fourth-order valence-electron chi connectivity index (χ4n) is 3.94. The van der Waals surface area contributed by atoms with Gasteiger partial charge in [-0.15, -0.1) is 0 Å². The van der Waals surface area contributed by atoms with Crippen molar-refractivity contribution in [3.63, 3.8) is 0 Å². The Morgan fingerprint density at radius 2 is 1.54 bits per heavy atom. The van der Waals surface area contributed by atoms with Crippen molar-refractivity contribution in [1.82, 2.24) is 14.8 Å². The number of rotatable bonds is 4. The Morgan fingerprint density at radius 3 is 2.00 bits per heavy atom. The van der Waals surface area contributed by atoms with Crippen LogP contribution in [-0.4, -0.2) is 80.4 Å². The van der Waals surface area contributed by atoms with Crippen molar-refractivity contribution >= 4 is 17.8 Å². The molecule has 1 aromatic rings. The Labute approximate surface area is 196 Å². The number of carbonyl (C=O) groups is 3. The predicted molar refractivity (Wildman–Crippen MR) is 108 cm³/mol. The first-order valence-electron chi connectivity index (χ1n) is 10.7. The summed E-state index contributed by atoms with van der Waals surface area (Å²) < 4.78 is 63.5. The van der Waals surface area contributed by atoms with Gasteiger partial charge in [-0.2, -0.15) is 26.3 Å². The summed E-state index contributed by atoms with van der Waals surface area (Å²) in [6.45, 7) is 5.06. The Kier molecular flexibility index (Phi) is 9.09. The number of carboxylic acid groups (broad SMARTS) is 2. The van der Waals surface area contributed by atoms with E-state index in [-0.39, 0.29) is 0 Å². The van der Waals surface area contributed by atoms with Crippen molar-refractivity contribution in [2.75, 3.05) is 13.1 Å². The van der Waals surface area contributed by atoms with E-state index in [2.05, 4.69) is 14.8 Å². The van der Waals surface area contributed by atoms with Crippen LogP contribution in [0.4, 0.5) is 26.3 Å².